The number of hydrogen-bond donors (Lipinski definition) is 4. The number of carbonyl (C=O) groups excluding carboxylic acids is 3. The van der Waals surface area contributed by atoms with Crippen LogP contribution in [0.4, 0.5) is 0 Å². The lowest BCUT2D eigenvalue weighted by atomic mass is 9.51. The Morgan fingerprint density at radius 3 is 2.23 bits per heavy atom. The molecule has 0 bridgehead atoms. The molecule has 8 heteroatoms. The molecule has 2 aliphatic rings. The first kappa shape index (κ1) is 25.6. The molecule has 0 saturated heterocycles. The number of rotatable bonds is 5. The minimum Gasteiger partial charge on any atom is -0.459 e. The van der Waals surface area contributed by atoms with Crippen LogP contribution in [0.2, 0.25) is 0 Å². The van der Waals surface area contributed by atoms with Crippen molar-refractivity contribution in [2.75, 3.05) is 0 Å². The summed E-state index contributed by atoms with van der Waals surface area (Å²) in [6.07, 6.45) is -3.96. The van der Waals surface area contributed by atoms with E-state index in [4.69, 9.17) is 4.74 Å². The molecule has 2 aliphatic carbocycles. The summed E-state index contributed by atoms with van der Waals surface area (Å²) in [6, 6.07) is 0. The molecule has 2 unspecified atom stereocenters. The third-order valence-corrected chi connectivity index (χ3v) is 7.59. The van der Waals surface area contributed by atoms with Gasteiger partial charge in [-0.15, -0.1) is 0 Å². The molecule has 1 fully saturated rings. The van der Waals surface area contributed by atoms with Gasteiger partial charge in [0.1, 0.15) is 23.9 Å². The van der Waals surface area contributed by atoms with Crippen molar-refractivity contribution in [2.45, 2.75) is 91.3 Å². The Balaban J connectivity index is 2.78. The van der Waals surface area contributed by atoms with Crippen molar-refractivity contribution >= 4 is 17.5 Å². The summed E-state index contributed by atoms with van der Waals surface area (Å²) in [6.45, 7) is 10.7. The zero-order valence-electron chi connectivity index (χ0n) is 19.4. The second kappa shape index (κ2) is 8.39. The number of carbonyl (C=O) groups is 3. The van der Waals surface area contributed by atoms with Crippen LogP contribution in [0.25, 0.3) is 0 Å². The highest BCUT2D eigenvalue weighted by Gasteiger charge is 2.65. The largest absolute Gasteiger partial charge is 0.459 e. The van der Waals surface area contributed by atoms with E-state index in [9.17, 15) is 34.8 Å². The van der Waals surface area contributed by atoms with E-state index < -0.39 is 70.2 Å². The summed E-state index contributed by atoms with van der Waals surface area (Å²) in [7, 11) is 0. The number of aliphatic hydroxyl groups is 4. The molecule has 0 amide bonds. The van der Waals surface area contributed by atoms with Crippen LogP contribution in [0.3, 0.4) is 0 Å². The summed E-state index contributed by atoms with van der Waals surface area (Å²) in [5.41, 5.74) is -3.86. The van der Waals surface area contributed by atoms with Crippen LogP contribution in [-0.2, 0) is 19.1 Å². The molecule has 0 aliphatic heterocycles. The van der Waals surface area contributed by atoms with Gasteiger partial charge in [-0.1, -0.05) is 33.8 Å². The molecule has 0 spiro atoms. The average Bonchev–Trinajstić information content (AvgIpc) is 2.63. The molecule has 8 nitrogen and oxygen atoms in total. The maximum atomic E-state index is 13.3. The second-order valence-electron chi connectivity index (χ2n) is 10.1. The predicted octanol–water partition coefficient (Wildman–Crippen LogP) is 0.928. The Morgan fingerprint density at radius 1 is 1.19 bits per heavy atom. The van der Waals surface area contributed by atoms with Crippen LogP contribution < -0.4 is 0 Å². The van der Waals surface area contributed by atoms with E-state index in [1.165, 1.54) is 13.8 Å². The van der Waals surface area contributed by atoms with Gasteiger partial charge in [0.25, 0.3) is 0 Å². The van der Waals surface area contributed by atoms with Gasteiger partial charge in [0.15, 0.2) is 11.6 Å². The average molecular weight is 441 g/mol. The maximum absolute atomic E-state index is 13.3. The molecule has 176 valence electrons. The third kappa shape index (κ3) is 4.11. The number of aliphatic hydroxyl groups excluding tert-OH is 3. The van der Waals surface area contributed by atoms with Crippen molar-refractivity contribution < 1.29 is 39.5 Å². The van der Waals surface area contributed by atoms with Crippen LogP contribution >= 0.6 is 0 Å². The number of esters is 1. The smallest absolute Gasteiger partial charge is 0.303 e. The van der Waals surface area contributed by atoms with Gasteiger partial charge in [-0.2, -0.15) is 0 Å². The van der Waals surface area contributed by atoms with E-state index in [1.54, 1.807) is 33.8 Å². The Hall–Kier alpha value is -1.61. The van der Waals surface area contributed by atoms with Gasteiger partial charge in [-0.25, -0.2) is 0 Å². The SMILES string of the molecule is CC(=O)O[C@@H](C1C(=O)[C@@H](O)CC(C)[C@@]1(C)C(=O)[C@@H](C)O)[C@]1(O)C[C@H](O)C(C)=CC1(C)C. The fourth-order valence-electron chi connectivity index (χ4n) is 5.43. The highest BCUT2D eigenvalue weighted by atomic mass is 16.6. The minimum atomic E-state index is -1.92. The van der Waals surface area contributed by atoms with Crippen LogP contribution in [0.15, 0.2) is 11.6 Å². The highest BCUT2D eigenvalue weighted by molar-refractivity contribution is 5.98. The van der Waals surface area contributed by atoms with Crippen LogP contribution in [0.1, 0.15) is 61.3 Å². The molecule has 1 saturated carbocycles. The van der Waals surface area contributed by atoms with Crippen LogP contribution in [0.5, 0.6) is 0 Å². The van der Waals surface area contributed by atoms with Gasteiger partial charge in [0.05, 0.1) is 12.0 Å². The van der Waals surface area contributed by atoms with E-state index in [2.05, 4.69) is 0 Å². The zero-order chi connectivity index (χ0) is 24.1. The Kier molecular flexibility index (Phi) is 6.94. The summed E-state index contributed by atoms with van der Waals surface area (Å²) in [5.74, 6) is -4.11. The summed E-state index contributed by atoms with van der Waals surface area (Å²) < 4.78 is 5.55. The van der Waals surface area contributed by atoms with Crippen molar-refractivity contribution in [3.63, 3.8) is 0 Å². The Morgan fingerprint density at radius 2 is 1.74 bits per heavy atom. The zero-order valence-corrected chi connectivity index (χ0v) is 19.4. The Bertz CT molecular complexity index is 784. The lowest BCUT2D eigenvalue weighted by Crippen LogP contribution is -2.68. The van der Waals surface area contributed by atoms with Crippen molar-refractivity contribution in [1.82, 2.24) is 0 Å². The lowest BCUT2D eigenvalue weighted by Gasteiger charge is -2.56. The van der Waals surface area contributed by atoms with Crippen molar-refractivity contribution in [3.05, 3.63) is 11.6 Å². The van der Waals surface area contributed by atoms with Crippen molar-refractivity contribution in [2.24, 2.45) is 22.7 Å². The van der Waals surface area contributed by atoms with Crippen molar-refractivity contribution in [3.8, 4) is 0 Å². The van der Waals surface area contributed by atoms with E-state index in [1.807, 2.05) is 0 Å². The molecule has 2 rings (SSSR count). The molecule has 4 N–H and O–H groups in total. The lowest BCUT2D eigenvalue weighted by molar-refractivity contribution is -0.218. The minimum absolute atomic E-state index is 0.000538. The monoisotopic (exact) mass is 440 g/mol. The third-order valence-electron chi connectivity index (χ3n) is 7.59. The van der Waals surface area contributed by atoms with Crippen molar-refractivity contribution in [1.29, 1.82) is 0 Å². The molecular weight excluding hydrogens is 404 g/mol. The molecule has 0 aromatic heterocycles. The molecule has 0 aromatic rings. The van der Waals surface area contributed by atoms with Gasteiger partial charge in [0, 0.05) is 24.2 Å². The fourth-order valence-corrected chi connectivity index (χ4v) is 5.43. The Labute approximate surface area is 183 Å². The first-order chi connectivity index (χ1) is 14.0. The van der Waals surface area contributed by atoms with Gasteiger partial charge >= 0.3 is 5.97 Å². The summed E-state index contributed by atoms with van der Waals surface area (Å²) in [4.78, 5) is 38.6. The molecule has 31 heavy (non-hydrogen) atoms. The molecular formula is C23H36O8. The fraction of sp³-hybridized carbons (Fsp3) is 0.783. The molecule has 0 heterocycles. The molecule has 0 radical (unpaired) electrons. The highest BCUT2D eigenvalue weighted by Crippen LogP contribution is 2.54. The van der Waals surface area contributed by atoms with Gasteiger partial charge in [-0.3, -0.25) is 14.4 Å². The first-order valence-corrected chi connectivity index (χ1v) is 10.7. The number of ketones is 2. The van der Waals surface area contributed by atoms with E-state index in [0.29, 0.717) is 5.57 Å². The van der Waals surface area contributed by atoms with Gasteiger partial charge in [-0.05, 0) is 31.8 Å². The quantitative estimate of drug-likeness (QED) is 0.365. The topological polar surface area (TPSA) is 141 Å². The van der Waals surface area contributed by atoms with Gasteiger partial charge in [0.2, 0.25) is 0 Å². The van der Waals surface area contributed by atoms with E-state index >= 15 is 0 Å². The van der Waals surface area contributed by atoms with Crippen LogP contribution in [-0.4, -0.2) is 68.0 Å². The second-order valence-corrected chi connectivity index (χ2v) is 10.1. The standard InChI is InChI=1S/C23H36O8/c1-11-9-21(5,6)23(30,10-16(11)27)20(31-14(4)25)17-18(28)15(26)8-12(2)22(17,7)19(29)13(3)24/h9,12-13,15-17,20,24,26-27,30H,8,10H2,1-7H3/t12?,13-,15+,16+,17?,20+,22-,23-/m1/s1. The maximum Gasteiger partial charge on any atom is 0.303 e. The summed E-state index contributed by atoms with van der Waals surface area (Å²) >= 11 is 0. The number of Topliss-reactive ketones (excluding diaryl/α,β-unsaturated/α-hetero) is 2. The number of ether oxygens (including phenoxy) is 1. The predicted molar refractivity (Wildman–Crippen MR) is 112 cm³/mol. The molecule has 8 atom stereocenters. The van der Waals surface area contributed by atoms with E-state index in [-0.39, 0.29) is 12.8 Å². The normalized spacial score (nSPS) is 40.0. The van der Waals surface area contributed by atoms with Gasteiger partial charge < -0.3 is 25.2 Å². The van der Waals surface area contributed by atoms with E-state index in [0.717, 1.165) is 6.92 Å². The van der Waals surface area contributed by atoms with Crippen LogP contribution in [0, 0.1) is 22.7 Å². The summed E-state index contributed by atoms with van der Waals surface area (Å²) in [5, 5.41) is 43.0. The molecule has 0 aromatic carbocycles. The number of hydrogen-bond acceptors (Lipinski definition) is 8. The first-order valence-electron chi connectivity index (χ1n) is 10.7.